The molecule has 0 atom stereocenters. The van der Waals surface area contributed by atoms with Crippen molar-refractivity contribution in [2.75, 3.05) is 0 Å². The zero-order valence-electron chi connectivity index (χ0n) is 29.5. The van der Waals surface area contributed by atoms with E-state index in [0.29, 0.717) is 0 Å². The van der Waals surface area contributed by atoms with Crippen LogP contribution in [0.15, 0.2) is 164 Å². The van der Waals surface area contributed by atoms with E-state index in [1.807, 2.05) is 0 Å². The van der Waals surface area contributed by atoms with Crippen molar-refractivity contribution in [3.8, 4) is 22.6 Å². The molecule has 0 aliphatic rings. The highest BCUT2D eigenvalue weighted by molar-refractivity contribution is 6.23. The fourth-order valence-corrected chi connectivity index (χ4v) is 8.68. The minimum atomic E-state index is 0.140. The van der Waals surface area contributed by atoms with Gasteiger partial charge in [-0.05, 0) is 59.2 Å². The highest BCUT2D eigenvalue weighted by Gasteiger charge is 2.22. The molecule has 53 heavy (non-hydrogen) atoms. The summed E-state index contributed by atoms with van der Waals surface area (Å²) in [6, 6.07) is 59.1. The predicted octanol–water partition coefficient (Wildman–Crippen LogP) is 12.9. The van der Waals surface area contributed by atoms with Crippen molar-refractivity contribution in [1.29, 1.82) is 0 Å². The monoisotopic (exact) mass is 678 g/mol. The summed E-state index contributed by atoms with van der Waals surface area (Å²) in [7, 11) is 0. The van der Waals surface area contributed by atoms with Gasteiger partial charge in [-0.15, -0.1) is 0 Å². The second-order valence-corrected chi connectivity index (χ2v) is 14.4. The second kappa shape index (κ2) is 11.4. The summed E-state index contributed by atoms with van der Waals surface area (Å²) in [5.41, 5.74) is 11.7. The fraction of sp³-hybridized carbons (Fsp3) is 0.0612. The topological polar surface area (TPSA) is 35.6 Å². The van der Waals surface area contributed by atoms with Gasteiger partial charge < -0.3 is 9.13 Å². The molecule has 250 valence electrons. The molecule has 0 aliphatic heterocycles. The molecule has 0 bridgehead atoms. The molecular formula is C49H34N4. The lowest BCUT2D eigenvalue weighted by Crippen LogP contribution is -2.04. The summed E-state index contributed by atoms with van der Waals surface area (Å²) >= 11 is 0. The molecule has 0 radical (unpaired) electrons. The van der Waals surface area contributed by atoms with Gasteiger partial charge in [-0.3, -0.25) is 0 Å². The second-order valence-electron chi connectivity index (χ2n) is 14.4. The largest absolute Gasteiger partial charge is 0.309 e. The quantitative estimate of drug-likeness (QED) is 0.174. The van der Waals surface area contributed by atoms with Crippen molar-refractivity contribution in [2.24, 2.45) is 0 Å². The van der Waals surface area contributed by atoms with Gasteiger partial charge in [0.2, 0.25) is 0 Å². The van der Waals surface area contributed by atoms with Crippen molar-refractivity contribution in [1.82, 2.24) is 19.1 Å². The minimum absolute atomic E-state index is 0.140. The standard InChI is InChI=1S/C49H34N4/c1-30(2)46-47(51-49-41-22-6-4-16-35(41)34-15-3-5-21-40(34)48(49)50-46)31-27-32(52-42-23-11-7-17-36(42)37-18-8-12-24-43(37)52)29-33(28-31)53-44-25-13-9-19-38(44)39-20-10-14-26-45(39)53/h3-30H,1-2H3. The Morgan fingerprint density at radius 3 is 1.11 bits per heavy atom. The van der Waals surface area contributed by atoms with Crippen molar-refractivity contribution < 1.29 is 0 Å². The van der Waals surface area contributed by atoms with Crippen molar-refractivity contribution in [3.05, 3.63) is 169 Å². The number of fused-ring (bicyclic) bond motifs is 12. The highest BCUT2D eigenvalue weighted by Crippen LogP contribution is 2.41. The van der Waals surface area contributed by atoms with E-state index in [1.165, 1.54) is 54.4 Å². The molecule has 3 aromatic heterocycles. The van der Waals surface area contributed by atoms with E-state index in [2.05, 4.69) is 187 Å². The molecule has 0 saturated heterocycles. The van der Waals surface area contributed by atoms with Gasteiger partial charge in [-0.25, -0.2) is 9.97 Å². The summed E-state index contributed by atoms with van der Waals surface area (Å²) in [6.45, 7) is 4.46. The number of rotatable bonds is 4. The number of para-hydroxylation sites is 4. The van der Waals surface area contributed by atoms with Crippen LogP contribution in [0.25, 0.3) is 98.8 Å². The van der Waals surface area contributed by atoms with Crippen molar-refractivity contribution in [3.63, 3.8) is 0 Å². The molecule has 0 aliphatic carbocycles. The number of aromatic nitrogens is 4. The molecule has 11 aromatic rings. The molecule has 8 aromatic carbocycles. The van der Waals surface area contributed by atoms with Gasteiger partial charge in [0.15, 0.2) is 0 Å². The molecule has 11 rings (SSSR count). The summed E-state index contributed by atoms with van der Waals surface area (Å²) < 4.78 is 4.83. The van der Waals surface area contributed by atoms with Crippen LogP contribution in [0.1, 0.15) is 25.5 Å². The Labute approximate surface area is 306 Å². The number of nitrogens with zero attached hydrogens (tertiary/aromatic N) is 4. The third-order valence-electron chi connectivity index (χ3n) is 11.0. The maximum atomic E-state index is 5.66. The van der Waals surface area contributed by atoms with Crippen LogP contribution in [0.4, 0.5) is 0 Å². The lowest BCUT2D eigenvalue weighted by molar-refractivity contribution is 0.826. The summed E-state index contributed by atoms with van der Waals surface area (Å²) in [4.78, 5) is 11.2. The van der Waals surface area contributed by atoms with Crippen LogP contribution in [0.2, 0.25) is 0 Å². The fourth-order valence-electron chi connectivity index (χ4n) is 8.68. The Kier molecular flexibility index (Phi) is 6.41. The first kappa shape index (κ1) is 29.9. The Morgan fingerprint density at radius 1 is 0.377 bits per heavy atom. The Bertz CT molecular complexity index is 3030. The van der Waals surface area contributed by atoms with Crippen LogP contribution in [-0.2, 0) is 0 Å². The van der Waals surface area contributed by atoms with Crippen LogP contribution < -0.4 is 0 Å². The molecule has 0 fully saturated rings. The van der Waals surface area contributed by atoms with Gasteiger partial charge in [0.1, 0.15) is 0 Å². The molecule has 0 spiro atoms. The summed E-state index contributed by atoms with van der Waals surface area (Å²) in [5.74, 6) is 0.140. The number of benzene rings is 8. The van der Waals surface area contributed by atoms with E-state index >= 15 is 0 Å². The Hall–Kier alpha value is -6.78. The molecule has 0 N–H and O–H groups in total. The van der Waals surface area contributed by atoms with E-state index in [4.69, 9.17) is 9.97 Å². The maximum Gasteiger partial charge on any atom is 0.0979 e. The molecule has 0 unspecified atom stereocenters. The van der Waals surface area contributed by atoms with Crippen LogP contribution >= 0.6 is 0 Å². The smallest absolute Gasteiger partial charge is 0.0979 e. The highest BCUT2D eigenvalue weighted by atomic mass is 15.0. The van der Waals surface area contributed by atoms with Gasteiger partial charge in [0, 0.05) is 49.3 Å². The van der Waals surface area contributed by atoms with Gasteiger partial charge >= 0.3 is 0 Å². The third-order valence-corrected chi connectivity index (χ3v) is 11.0. The van der Waals surface area contributed by atoms with E-state index in [9.17, 15) is 0 Å². The first-order valence-corrected chi connectivity index (χ1v) is 18.4. The van der Waals surface area contributed by atoms with Crippen LogP contribution in [0.5, 0.6) is 0 Å². The van der Waals surface area contributed by atoms with E-state index in [0.717, 1.165) is 50.1 Å². The Balaban J connectivity index is 1.30. The number of hydrogen-bond acceptors (Lipinski definition) is 2. The zero-order valence-corrected chi connectivity index (χ0v) is 29.5. The molecule has 3 heterocycles. The number of hydrogen-bond donors (Lipinski definition) is 0. The summed E-state index contributed by atoms with van der Waals surface area (Å²) in [6.07, 6.45) is 0. The first-order chi connectivity index (χ1) is 26.1. The van der Waals surface area contributed by atoms with Gasteiger partial charge in [-0.2, -0.15) is 0 Å². The van der Waals surface area contributed by atoms with Gasteiger partial charge in [-0.1, -0.05) is 135 Å². The van der Waals surface area contributed by atoms with Crippen LogP contribution in [0.3, 0.4) is 0 Å². The van der Waals surface area contributed by atoms with E-state index in [1.54, 1.807) is 0 Å². The molecule has 4 heteroatoms. The third kappa shape index (κ3) is 4.36. The Morgan fingerprint density at radius 2 is 0.717 bits per heavy atom. The lowest BCUT2D eigenvalue weighted by atomic mass is 9.97. The lowest BCUT2D eigenvalue weighted by Gasteiger charge is -2.19. The first-order valence-electron chi connectivity index (χ1n) is 18.4. The van der Waals surface area contributed by atoms with Crippen LogP contribution in [0, 0.1) is 0 Å². The molecule has 0 saturated carbocycles. The zero-order chi connectivity index (χ0) is 35.2. The average molecular weight is 679 g/mol. The van der Waals surface area contributed by atoms with Gasteiger partial charge in [0.05, 0.1) is 44.5 Å². The van der Waals surface area contributed by atoms with Crippen molar-refractivity contribution >= 4 is 76.2 Å². The van der Waals surface area contributed by atoms with E-state index < -0.39 is 0 Å². The average Bonchev–Trinajstić information content (AvgIpc) is 3.73. The van der Waals surface area contributed by atoms with Crippen LogP contribution in [-0.4, -0.2) is 19.1 Å². The normalized spacial score (nSPS) is 12.1. The van der Waals surface area contributed by atoms with Crippen molar-refractivity contribution in [2.45, 2.75) is 19.8 Å². The minimum Gasteiger partial charge on any atom is -0.309 e. The molecule has 0 amide bonds. The SMILES string of the molecule is CC(C)c1nc2c3ccccc3c3ccccc3c2nc1-c1cc(-n2c3ccccc3c3ccccc32)cc(-n2c3ccccc3c3ccccc32)c1. The molecular weight excluding hydrogens is 645 g/mol. The van der Waals surface area contributed by atoms with Gasteiger partial charge in [0.25, 0.3) is 0 Å². The predicted molar refractivity (Wildman–Crippen MR) is 223 cm³/mol. The summed E-state index contributed by atoms with van der Waals surface area (Å²) in [5, 5.41) is 9.58. The maximum absolute atomic E-state index is 5.66. The van der Waals surface area contributed by atoms with E-state index in [-0.39, 0.29) is 5.92 Å². The molecule has 4 nitrogen and oxygen atoms in total.